The number of furan rings is 1. The van der Waals surface area contributed by atoms with Gasteiger partial charge in [-0.3, -0.25) is 9.59 Å². The van der Waals surface area contributed by atoms with Crippen molar-refractivity contribution >= 4 is 11.8 Å². The molecule has 0 aliphatic heterocycles. The van der Waals surface area contributed by atoms with Crippen molar-refractivity contribution in [2.24, 2.45) is 0 Å². The molecule has 1 aliphatic carbocycles. The zero-order valence-electron chi connectivity index (χ0n) is 25.2. The van der Waals surface area contributed by atoms with Crippen molar-refractivity contribution in [1.29, 1.82) is 0 Å². The van der Waals surface area contributed by atoms with Crippen molar-refractivity contribution in [3.05, 3.63) is 77.5 Å². The first-order valence-corrected chi connectivity index (χ1v) is 14.8. The predicted octanol–water partition coefficient (Wildman–Crippen LogP) is 4.66. The molecule has 1 saturated carbocycles. The third kappa shape index (κ3) is 7.24. The summed E-state index contributed by atoms with van der Waals surface area (Å²) in [5.74, 6) is 0.937. The number of nitrogens with one attached hydrogen (secondary N) is 1. The number of halogens is 1. The van der Waals surface area contributed by atoms with E-state index in [4.69, 9.17) is 13.9 Å². The molecular formula is C32H37FN6O5. The maximum atomic E-state index is 14.4. The highest BCUT2D eigenvalue weighted by Gasteiger charge is 2.35. The van der Waals surface area contributed by atoms with Gasteiger partial charge in [-0.1, -0.05) is 37.5 Å². The number of benzene rings is 2. The van der Waals surface area contributed by atoms with Crippen LogP contribution in [-0.4, -0.2) is 63.7 Å². The molecule has 0 bridgehead atoms. The number of carbonyl (C=O) groups is 2. The molecule has 2 heterocycles. The van der Waals surface area contributed by atoms with Crippen molar-refractivity contribution < 1.29 is 27.9 Å². The second-order valence-electron chi connectivity index (χ2n) is 10.8. The van der Waals surface area contributed by atoms with Crippen molar-refractivity contribution in [1.82, 2.24) is 30.4 Å². The summed E-state index contributed by atoms with van der Waals surface area (Å²) in [5, 5.41) is 15.4. The Bertz CT molecular complexity index is 1580. The maximum Gasteiger partial charge on any atom is 0.250 e. The van der Waals surface area contributed by atoms with Gasteiger partial charge in [-0.05, 0) is 73.4 Å². The molecule has 0 saturated heterocycles. The Kier molecular flexibility index (Phi) is 9.88. The zero-order valence-corrected chi connectivity index (χ0v) is 25.2. The maximum absolute atomic E-state index is 14.4. The summed E-state index contributed by atoms with van der Waals surface area (Å²) in [5.41, 5.74) is 1.05. The molecule has 11 nitrogen and oxygen atoms in total. The third-order valence-electron chi connectivity index (χ3n) is 7.80. The van der Waals surface area contributed by atoms with Crippen LogP contribution in [0.2, 0.25) is 0 Å². The van der Waals surface area contributed by atoms with Gasteiger partial charge < -0.3 is 24.1 Å². The number of tetrazole rings is 1. The Morgan fingerprint density at radius 3 is 2.55 bits per heavy atom. The second kappa shape index (κ2) is 14.2. The molecule has 1 aliphatic rings. The SMILES string of the molecule is COc1ccc(CCN(C(=O)Cn2nnc(-c3ccccc3F)n2)[C@@H](C(=O)NC2CCCCC2)c2ccc(C)o2)cc1OC. The molecule has 0 radical (unpaired) electrons. The lowest BCUT2D eigenvalue weighted by molar-refractivity contribution is -0.142. The standard InChI is InChI=1S/C32H37FN6O5/c1-21-13-15-27(44-21)30(32(41)34-23-9-5-4-6-10-23)38(18-17-22-14-16-26(42-2)28(19-22)43-3)29(40)20-39-36-31(35-37-39)24-11-7-8-12-25(24)33/h7-8,11-16,19,23,30H,4-6,9-10,17-18,20H2,1-3H3,(H,34,41)/t30-/m1/s1. The van der Waals surface area contributed by atoms with E-state index in [9.17, 15) is 14.0 Å². The van der Waals surface area contributed by atoms with Gasteiger partial charge in [0.1, 0.15) is 23.9 Å². The number of amides is 2. The van der Waals surface area contributed by atoms with Crippen LogP contribution in [0.25, 0.3) is 11.4 Å². The Morgan fingerprint density at radius 1 is 1.07 bits per heavy atom. The minimum absolute atomic E-state index is 0.0259. The highest BCUT2D eigenvalue weighted by molar-refractivity contribution is 5.88. The number of carbonyl (C=O) groups excluding carboxylic acids is 2. The van der Waals surface area contributed by atoms with Crippen LogP contribution in [0.1, 0.15) is 55.2 Å². The largest absolute Gasteiger partial charge is 0.493 e. The molecule has 2 aromatic heterocycles. The summed E-state index contributed by atoms with van der Waals surface area (Å²) in [6, 6.07) is 14.1. The van der Waals surface area contributed by atoms with Gasteiger partial charge in [0.25, 0.3) is 5.91 Å². The van der Waals surface area contributed by atoms with Crippen LogP contribution in [0.15, 0.2) is 59.0 Å². The topological polar surface area (TPSA) is 125 Å². The van der Waals surface area contributed by atoms with Crippen LogP contribution in [0, 0.1) is 12.7 Å². The monoisotopic (exact) mass is 604 g/mol. The molecule has 0 spiro atoms. The normalized spacial score (nSPS) is 14.2. The summed E-state index contributed by atoms with van der Waals surface area (Å²) in [4.78, 5) is 30.6. The lowest BCUT2D eigenvalue weighted by atomic mass is 9.95. The summed E-state index contributed by atoms with van der Waals surface area (Å²) in [7, 11) is 3.12. The van der Waals surface area contributed by atoms with E-state index in [0.717, 1.165) is 42.5 Å². The average molecular weight is 605 g/mol. The van der Waals surface area contributed by atoms with Crippen LogP contribution in [-0.2, 0) is 22.6 Å². The van der Waals surface area contributed by atoms with E-state index in [1.54, 1.807) is 57.5 Å². The number of aryl methyl sites for hydroxylation is 1. The van der Waals surface area contributed by atoms with Crippen LogP contribution in [0.4, 0.5) is 4.39 Å². The number of hydrogen-bond acceptors (Lipinski definition) is 8. The van der Waals surface area contributed by atoms with Gasteiger partial charge in [0, 0.05) is 12.6 Å². The Labute approximate surface area is 255 Å². The lowest BCUT2D eigenvalue weighted by Gasteiger charge is -2.32. The van der Waals surface area contributed by atoms with Gasteiger partial charge in [-0.2, -0.15) is 4.80 Å². The number of nitrogens with zero attached hydrogens (tertiary/aromatic N) is 5. The van der Waals surface area contributed by atoms with E-state index >= 15 is 0 Å². The fourth-order valence-electron chi connectivity index (χ4n) is 5.51. The molecule has 0 unspecified atom stereocenters. The molecule has 1 fully saturated rings. The van der Waals surface area contributed by atoms with E-state index in [-0.39, 0.29) is 36.4 Å². The Balaban J connectivity index is 1.45. The number of rotatable bonds is 12. The molecule has 1 atom stereocenters. The summed E-state index contributed by atoms with van der Waals surface area (Å²) in [6.45, 7) is 1.64. The number of hydrogen-bond donors (Lipinski definition) is 1. The molecule has 232 valence electrons. The quantitative estimate of drug-likeness (QED) is 0.248. The number of methoxy groups -OCH3 is 2. The first-order chi connectivity index (χ1) is 21.4. The zero-order chi connectivity index (χ0) is 31.1. The van der Waals surface area contributed by atoms with E-state index in [2.05, 4.69) is 20.7 Å². The summed E-state index contributed by atoms with van der Waals surface area (Å²) < 4.78 is 31.1. The van der Waals surface area contributed by atoms with Gasteiger partial charge >= 0.3 is 0 Å². The molecule has 4 aromatic rings. The highest BCUT2D eigenvalue weighted by atomic mass is 19.1. The smallest absolute Gasteiger partial charge is 0.250 e. The summed E-state index contributed by atoms with van der Waals surface area (Å²) in [6.07, 6.45) is 5.40. The summed E-state index contributed by atoms with van der Waals surface area (Å²) >= 11 is 0. The van der Waals surface area contributed by atoms with Crippen LogP contribution in [0.3, 0.4) is 0 Å². The van der Waals surface area contributed by atoms with Gasteiger partial charge in [0.05, 0.1) is 19.8 Å². The average Bonchev–Trinajstić information content (AvgIpc) is 3.68. The van der Waals surface area contributed by atoms with Crippen LogP contribution in [0.5, 0.6) is 11.5 Å². The number of aromatic nitrogens is 4. The van der Waals surface area contributed by atoms with Gasteiger partial charge in [0.15, 0.2) is 17.5 Å². The van der Waals surface area contributed by atoms with Crippen molar-refractivity contribution in [3.8, 4) is 22.9 Å². The first kappa shape index (κ1) is 30.7. The minimum Gasteiger partial charge on any atom is -0.493 e. The van der Waals surface area contributed by atoms with Crippen molar-refractivity contribution in [2.45, 2.75) is 64.1 Å². The van der Waals surface area contributed by atoms with E-state index < -0.39 is 17.8 Å². The Hall–Kier alpha value is -4.74. The lowest BCUT2D eigenvalue weighted by Crippen LogP contribution is -2.48. The first-order valence-electron chi connectivity index (χ1n) is 14.8. The third-order valence-corrected chi connectivity index (χ3v) is 7.80. The highest BCUT2D eigenvalue weighted by Crippen LogP contribution is 2.30. The second-order valence-corrected chi connectivity index (χ2v) is 10.8. The van der Waals surface area contributed by atoms with E-state index in [1.165, 1.54) is 11.0 Å². The number of ether oxygens (including phenoxy) is 2. The van der Waals surface area contributed by atoms with Gasteiger partial charge in [0.2, 0.25) is 11.7 Å². The fraction of sp³-hybridized carbons (Fsp3) is 0.406. The van der Waals surface area contributed by atoms with E-state index in [0.29, 0.717) is 29.4 Å². The molecule has 2 aromatic carbocycles. The molecule has 1 N–H and O–H groups in total. The molecule has 12 heteroatoms. The molecule has 2 amide bonds. The van der Waals surface area contributed by atoms with E-state index in [1.807, 2.05) is 12.1 Å². The van der Waals surface area contributed by atoms with Gasteiger partial charge in [-0.15, -0.1) is 10.2 Å². The fourth-order valence-corrected chi connectivity index (χ4v) is 5.51. The van der Waals surface area contributed by atoms with Crippen molar-refractivity contribution in [3.63, 3.8) is 0 Å². The Morgan fingerprint density at radius 2 is 1.84 bits per heavy atom. The molecular weight excluding hydrogens is 567 g/mol. The van der Waals surface area contributed by atoms with Crippen LogP contribution >= 0.6 is 0 Å². The predicted molar refractivity (Wildman–Crippen MR) is 159 cm³/mol. The molecule has 44 heavy (non-hydrogen) atoms. The minimum atomic E-state index is -1.03. The van der Waals surface area contributed by atoms with Gasteiger partial charge in [-0.25, -0.2) is 4.39 Å². The van der Waals surface area contributed by atoms with Crippen molar-refractivity contribution in [2.75, 3.05) is 20.8 Å². The van der Waals surface area contributed by atoms with Crippen LogP contribution < -0.4 is 14.8 Å². The molecule has 5 rings (SSSR count).